The molecule has 1 N–H and O–H groups in total. The Kier molecular flexibility index (Phi) is 12.1. The molecule has 6 heteroatoms. The third-order valence-corrected chi connectivity index (χ3v) is 6.38. The average Bonchev–Trinajstić information content (AvgIpc) is 3.01. The number of benzene rings is 4. The minimum absolute atomic E-state index is 0.170. The molecule has 0 unspecified atom stereocenters. The van der Waals surface area contributed by atoms with Crippen molar-refractivity contribution in [3.8, 4) is 0 Å². The molecule has 0 fully saturated rings. The molecule has 0 saturated heterocycles. The number of carbonyl (C=O) groups excluding carboxylic acids is 1. The van der Waals surface area contributed by atoms with E-state index in [0.717, 1.165) is 22.3 Å². The van der Waals surface area contributed by atoms with Gasteiger partial charge in [-0.05, 0) is 22.3 Å². The number of aliphatic hydroxyl groups excluding tert-OH is 1. The normalized spacial score (nSPS) is 13.4. The highest BCUT2D eigenvalue weighted by Gasteiger charge is 2.37. The summed E-state index contributed by atoms with van der Waals surface area (Å²) in [6.45, 7) is 0.437. The fourth-order valence-electron chi connectivity index (χ4n) is 4.24. The lowest BCUT2D eigenvalue weighted by molar-refractivity contribution is -0.175. The first kappa shape index (κ1) is 29.3. The summed E-state index contributed by atoms with van der Waals surface area (Å²) >= 11 is 0. The first-order valence-electron chi connectivity index (χ1n) is 13.4. The first-order valence-corrected chi connectivity index (χ1v) is 13.4. The van der Waals surface area contributed by atoms with Crippen molar-refractivity contribution in [2.24, 2.45) is 0 Å². The monoisotopic (exact) mass is 540 g/mol. The van der Waals surface area contributed by atoms with E-state index in [0.29, 0.717) is 6.61 Å². The number of aliphatic hydroxyl groups is 1. The highest BCUT2D eigenvalue weighted by atomic mass is 16.6. The molecule has 40 heavy (non-hydrogen) atoms. The molecule has 4 aromatic rings. The van der Waals surface area contributed by atoms with Crippen LogP contribution in [-0.4, -0.2) is 42.4 Å². The van der Waals surface area contributed by atoms with Gasteiger partial charge >= 0.3 is 0 Å². The fraction of sp³-hybridized carbons (Fsp3) is 0.265. The van der Waals surface area contributed by atoms with E-state index in [9.17, 15) is 9.90 Å². The van der Waals surface area contributed by atoms with Gasteiger partial charge in [-0.3, -0.25) is 4.79 Å². The predicted octanol–water partition coefficient (Wildman–Crippen LogP) is 5.52. The number of Topliss-reactive ketones (excluding diaryl/α,β-unsaturated/α-hetero) is 1. The summed E-state index contributed by atoms with van der Waals surface area (Å²) in [7, 11) is 0. The van der Waals surface area contributed by atoms with Crippen molar-refractivity contribution in [1.29, 1.82) is 0 Å². The molecule has 4 aromatic carbocycles. The molecule has 0 saturated carbocycles. The standard InChI is InChI=1S/C34H36O6/c35-21-32(38-23-28-15-7-2-8-16-28)34(40-25-30-19-11-4-12-20-30)33(39-24-29-17-9-3-10-18-29)31(36)26-37-22-27-13-5-1-6-14-27/h1-20,32-35H,21-26H2/t32-,33-,34+/m1/s1. The molecule has 4 rings (SSSR count). The summed E-state index contributed by atoms with van der Waals surface area (Å²) in [5.41, 5.74) is 3.76. The zero-order valence-corrected chi connectivity index (χ0v) is 22.5. The maximum Gasteiger partial charge on any atom is 0.189 e. The molecule has 0 aliphatic carbocycles. The SMILES string of the molecule is O=C(COCc1ccccc1)[C@@H](OCc1ccccc1)[C@@H](OCc1ccccc1)[C@@H](CO)OCc1ccccc1. The minimum Gasteiger partial charge on any atom is -0.394 e. The lowest BCUT2D eigenvalue weighted by atomic mass is 10.0. The van der Waals surface area contributed by atoms with Crippen LogP contribution < -0.4 is 0 Å². The van der Waals surface area contributed by atoms with E-state index >= 15 is 0 Å². The fourth-order valence-corrected chi connectivity index (χ4v) is 4.24. The zero-order valence-electron chi connectivity index (χ0n) is 22.5. The van der Waals surface area contributed by atoms with E-state index in [4.69, 9.17) is 18.9 Å². The van der Waals surface area contributed by atoms with E-state index in [1.54, 1.807) is 0 Å². The summed E-state index contributed by atoms with van der Waals surface area (Å²) in [6.07, 6.45) is -2.74. The van der Waals surface area contributed by atoms with Crippen LogP contribution in [0.3, 0.4) is 0 Å². The number of rotatable bonds is 17. The van der Waals surface area contributed by atoms with Crippen LogP contribution in [0.5, 0.6) is 0 Å². The van der Waals surface area contributed by atoms with Crippen molar-refractivity contribution in [2.75, 3.05) is 13.2 Å². The van der Waals surface area contributed by atoms with Crippen LogP contribution in [0.2, 0.25) is 0 Å². The highest BCUT2D eigenvalue weighted by Crippen LogP contribution is 2.20. The van der Waals surface area contributed by atoms with Gasteiger partial charge in [-0.1, -0.05) is 121 Å². The topological polar surface area (TPSA) is 74.2 Å². The van der Waals surface area contributed by atoms with Gasteiger partial charge in [-0.25, -0.2) is 0 Å². The van der Waals surface area contributed by atoms with Crippen LogP contribution in [0.1, 0.15) is 22.3 Å². The Balaban J connectivity index is 1.53. The Hall–Kier alpha value is -3.65. The lowest BCUT2D eigenvalue weighted by Crippen LogP contribution is -2.49. The predicted molar refractivity (Wildman–Crippen MR) is 153 cm³/mol. The van der Waals surface area contributed by atoms with Crippen molar-refractivity contribution in [3.05, 3.63) is 144 Å². The minimum atomic E-state index is -1.03. The summed E-state index contributed by atoms with van der Waals surface area (Å²) in [5.74, 6) is -0.285. The maximum absolute atomic E-state index is 13.6. The largest absolute Gasteiger partial charge is 0.394 e. The van der Waals surface area contributed by atoms with Crippen LogP contribution in [-0.2, 0) is 50.2 Å². The molecule has 6 nitrogen and oxygen atoms in total. The first-order chi connectivity index (χ1) is 19.7. The number of hydrogen-bond acceptors (Lipinski definition) is 6. The van der Waals surface area contributed by atoms with Gasteiger partial charge in [0.25, 0.3) is 0 Å². The van der Waals surface area contributed by atoms with Crippen molar-refractivity contribution in [1.82, 2.24) is 0 Å². The molecular formula is C34H36O6. The Morgan fingerprint density at radius 2 is 0.950 bits per heavy atom. The van der Waals surface area contributed by atoms with Crippen molar-refractivity contribution in [2.45, 2.75) is 44.7 Å². The molecule has 208 valence electrons. The number of ether oxygens (including phenoxy) is 4. The smallest absolute Gasteiger partial charge is 0.189 e. The van der Waals surface area contributed by atoms with Crippen molar-refractivity contribution < 1.29 is 28.8 Å². The Morgan fingerprint density at radius 3 is 1.40 bits per heavy atom. The van der Waals surface area contributed by atoms with Gasteiger partial charge in [0, 0.05) is 0 Å². The number of hydrogen-bond donors (Lipinski definition) is 1. The number of carbonyl (C=O) groups is 1. The molecule has 0 aromatic heterocycles. The van der Waals surface area contributed by atoms with Crippen molar-refractivity contribution >= 4 is 5.78 Å². The lowest BCUT2D eigenvalue weighted by Gasteiger charge is -2.32. The van der Waals surface area contributed by atoms with Gasteiger partial charge in [0.15, 0.2) is 5.78 Å². The van der Waals surface area contributed by atoms with Gasteiger partial charge < -0.3 is 24.1 Å². The molecule has 0 bridgehead atoms. The Labute approximate surface area is 236 Å². The van der Waals surface area contributed by atoms with E-state index in [-0.39, 0.29) is 38.8 Å². The van der Waals surface area contributed by atoms with E-state index in [2.05, 4.69) is 0 Å². The molecule has 3 atom stereocenters. The zero-order chi connectivity index (χ0) is 27.8. The molecular weight excluding hydrogens is 504 g/mol. The molecule has 0 radical (unpaired) electrons. The van der Waals surface area contributed by atoms with Gasteiger partial charge in [-0.2, -0.15) is 0 Å². The second kappa shape index (κ2) is 16.5. The van der Waals surface area contributed by atoms with E-state index in [1.807, 2.05) is 121 Å². The Bertz CT molecular complexity index is 1230. The summed E-state index contributed by atoms with van der Waals surface area (Å²) < 4.78 is 24.5. The average molecular weight is 541 g/mol. The second-order valence-corrected chi connectivity index (χ2v) is 9.44. The van der Waals surface area contributed by atoms with Gasteiger partial charge in [0.2, 0.25) is 0 Å². The van der Waals surface area contributed by atoms with Crippen LogP contribution in [0.15, 0.2) is 121 Å². The molecule has 0 aliphatic rings. The van der Waals surface area contributed by atoms with Gasteiger partial charge in [0.1, 0.15) is 24.9 Å². The second-order valence-electron chi connectivity index (χ2n) is 9.44. The van der Waals surface area contributed by atoms with Crippen LogP contribution in [0.25, 0.3) is 0 Å². The molecule has 0 aliphatic heterocycles. The maximum atomic E-state index is 13.6. The summed E-state index contributed by atoms with van der Waals surface area (Å²) in [5, 5.41) is 10.4. The highest BCUT2D eigenvalue weighted by molar-refractivity contribution is 5.85. The van der Waals surface area contributed by atoms with E-state index in [1.165, 1.54) is 0 Å². The van der Waals surface area contributed by atoms with Crippen LogP contribution in [0.4, 0.5) is 0 Å². The molecule has 0 amide bonds. The third kappa shape index (κ3) is 9.52. The summed E-state index contributed by atoms with van der Waals surface area (Å²) in [4.78, 5) is 13.6. The van der Waals surface area contributed by atoms with E-state index < -0.39 is 18.3 Å². The molecule has 0 heterocycles. The van der Waals surface area contributed by atoms with Gasteiger partial charge in [-0.15, -0.1) is 0 Å². The molecule has 0 spiro atoms. The quantitative estimate of drug-likeness (QED) is 0.190. The van der Waals surface area contributed by atoms with Crippen molar-refractivity contribution in [3.63, 3.8) is 0 Å². The Morgan fingerprint density at radius 1 is 0.550 bits per heavy atom. The third-order valence-electron chi connectivity index (χ3n) is 6.38. The van der Waals surface area contributed by atoms with Gasteiger partial charge in [0.05, 0.1) is 33.0 Å². The van der Waals surface area contributed by atoms with Crippen LogP contribution >= 0.6 is 0 Å². The van der Waals surface area contributed by atoms with Crippen LogP contribution in [0, 0.1) is 0 Å². The number of ketones is 1. The summed E-state index contributed by atoms with van der Waals surface area (Å²) in [6, 6.07) is 38.6.